The fraction of sp³-hybridized carbons (Fsp3) is 0.967. The molecule has 6 heteroatoms. The van der Waals surface area contributed by atoms with Crippen LogP contribution in [0.25, 0.3) is 0 Å². The topological polar surface area (TPSA) is 118 Å². The number of aliphatic hydroxyl groups is 4. The van der Waals surface area contributed by atoms with Crippen molar-refractivity contribution >= 4 is 5.97 Å². The van der Waals surface area contributed by atoms with Gasteiger partial charge >= 0.3 is 5.97 Å². The molecular formula is C30H50O6. The Hall–Kier alpha value is -0.690. The molecule has 0 aromatic rings. The molecule has 2 spiro atoms. The number of carbonyl (C=O) groups is 1. The summed E-state index contributed by atoms with van der Waals surface area (Å²) in [5.74, 6) is -0.248. The summed E-state index contributed by atoms with van der Waals surface area (Å²) >= 11 is 0. The second kappa shape index (κ2) is 8.40. The molecule has 0 radical (unpaired) electrons. The summed E-state index contributed by atoms with van der Waals surface area (Å²) in [6.07, 6.45) is 7.38. The molecule has 5 aliphatic carbocycles. The average Bonchev–Trinajstić information content (AvgIpc) is 3.42. The van der Waals surface area contributed by atoms with Gasteiger partial charge in [-0.1, -0.05) is 34.6 Å². The van der Waals surface area contributed by atoms with Gasteiger partial charge in [0.25, 0.3) is 0 Å². The Bertz CT molecular complexity index is 891. The molecule has 5 rings (SSSR count). The summed E-state index contributed by atoms with van der Waals surface area (Å²) in [7, 11) is 0. The van der Waals surface area contributed by atoms with Gasteiger partial charge in [-0.15, -0.1) is 0 Å². The Morgan fingerprint density at radius 1 is 1.03 bits per heavy atom. The highest BCUT2D eigenvalue weighted by Gasteiger charge is 2.84. The van der Waals surface area contributed by atoms with E-state index < -0.39 is 29.7 Å². The van der Waals surface area contributed by atoms with Crippen molar-refractivity contribution in [2.24, 2.45) is 57.2 Å². The van der Waals surface area contributed by atoms with Crippen molar-refractivity contribution < 1.29 is 30.3 Å². The SMILES string of the molecule is CC(C)C(O)(CO)CC[C@@H](C)[C@H]1CC[C@@]2(C)[C@@H]3CC[C@H]4[C@H](C(=O)O)[C@@H](O)C[C@H](O)[C@@]45C[C@@]35CC[C@]12C. The first-order valence-corrected chi connectivity index (χ1v) is 14.7. The van der Waals surface area contributed by atoms with E-state index in [0.717, 1.165) is 38.5 Å². The maximum absolute atomic E-state index is 12.2. The summed E-state index contributed by atoms with van der Waals surface area (Å²) in [6, 6.07) is 0. The maximum atomic E-state index is 12.2. The lowest BCUT2D eigenvalue weighted by Crippen LogP contribution is -2.60. The van der Waals surface area contributed by atoms with E-state index in [-0.39, 0.29) is 46.5 Å². The third kappa shape index (κ3) is 3.20. The Balaban J connectivity index is 1.39. The van der Waals surface area contributed by atoms with Crippen LogP contribution in [0.1, 0.15) is 98.8 Å². The molecule has 0 bridgehead atoms. The minimum Gasteiger partial charge on any atom is -0.481 e. The van der Waals surface area contributed by atoms with Crippen molar-refractivity contribution in [3.63, 3.8) is 0 Å². The fourth-order valence-corrected chi connectivity index (χ4v) is 11.3. The number of aliphatic hydroxyl groups excluding tert-OH is 3. The molecule has 0 aliphatic heterocycles. The van der Waals surface area contributed by atoms with Gasteiger partial charge in [0.1, 0.15) is 0 Å². The predicted octanol–water partition coefficient (Wildman–Crippen LogP) is 4.23. The zero-order valence-electron chi connectivity index (χ0n) is 23.0. The van der Waals surface area contributed by atoms with Crippen molar-refractivity contribution in [1.29, 1.82) is 0 Å². The smallest absolute Gasteiger partial charge is 0.309 e. The monoisotopic (exact) mass is 506 g/mol. The Morgan fingerprint density at radius 2 is 1.72 bits per heavy atom. The molecule has 5 saturated carbocycles. The fourth-order valence-electron chi connectivity index (χ4n) is 11.3. The molecule has 0 aromatic heterocycles. The third-order valence-corrected chi connectivity index (χ3v) is 13.7. The minimum atomic E-state index is -1.02. The summed E-state index contributed by atoms with van der Waals surface area (Å²) in [5, 5.41) is 52.7. The lowest BCUT2D eigenvalue weighted by Gasteiger charge is -2.62. The van der Waals surface area contributed by atoms with Crippen LogP contribution in [0.3, 0.4) is 0 Å². The van der Waals surface area contributed by atoms with E-state index in [1.165, 1.54) is 12.8 Å². The van der Waals surface area contributed by atoms with E-state index in [2.05, 4.69) is 20.8 Å². The van der Waals surface area contributed by atoms with Crippen LogP contribution in [0, 0.1) is 57.2 Å². The number of hydrogen-bond acceptors (Lipinski definition) is 5. The standard InChI is InChI=1S/C30H50O6/c1-17(2)29(36,16-31)11-8-18(3)19-9-10-27(5)22-7-6-20-24(25(34)35)21(32)14-23(33)30(20)15-28(22,30)13-12-26(19,27)4/h17-24,31-33,36H,6-16H2,1-5H3,(H,34,35)/t18-,19-,20+,21+,22+,23+,24+,26-,27+,28+,29?,30-/m1/s1. The molecule has 206 valence electrons. The van der Waals surface area contributed by atoms with Crippen molar-refractivity contribution in [2.75, 3.05) is 6.61 Å². The Morgan fingerprint density at radius 3 is 2.33 bits per heavy atom. The van der Waals surface area contributed by atoms with Gasteiger partial charge in [0, 0.05) is 11.8 Å². The summed E-state index contributed by atoms with van der Waals surface area (Å²) in [6.45, 7) is 11.1. The van der Waals surface area contributed by atoms with Gasteiger partial charge in [-0.2, -0.15) is 0 Å². The van der Waals surface area contributed by atoms with Crippen molar-refractivity contribution in [3.05, 3.63) is 0 Å². The van der Waals surface area contributed by atoms with E-state index in [1.54, 1.807) is 0 Å². The normalized spacial score (nSPS) is 51.9. The van der Waals surface area contributed by atoms with E-state index in [9.17, 15) is 30.3 Å². The number of hydrogen-bond donors (Lipinski definition) is 5. The first-order chi connectivity index (χ1) is 16.7. The van der Waals surface area contributed by atoms with Gasteiger partial charge in [0.2, 0.25) is 0 Å². The van der Waals surface area contributed by atoms with Crippen LogP contribution in [0.2, 0.25) is 0 Å². The zero-order valence-corrected chi connectivity index (χ0v) is 23.0. The largest absolute Gasteiger partial charge is 0.481 e. The summed E-state index contributed by atoms with van der Waals surface area (Å²) in [4.78, 5) is 12.2. The van der Waals surface area contributed by atoms with Gasteiger partial charge < -0.3 is 25.5 Å². The van der Waals surface area contributed by atoms with Crippen LogP contribution in [0.5, 0.6) is 0 Å². The van der Waals surface area contributed by atoms with Crippen LogP contribution in [-0.2, 0) is 4.79 Å². The highest BCUT2D eigenvalue weighted by Crippen LogP contribution is 2.88. The van der Waals surface area contributed by atoms with Crippen LogP contribution < -0.4 is 0 Å². The van der Waals surface area contributed by atoms with E-state index in [1.807, 2.05) is 13.8 Å². The number of carboxylic acids is 1. The lowest BCUT2D eigenvalue weighted by atomic mass is 9.42. The van der Waals surface area contributed by atoms with Gasteiger partial charge in [0.15, 0.2) is 0 Å². The Labute approximate surface area is 216 Å². The van der Waals surface area contributed by atoms with Crippen LogP contribution >= 0.6 is 0 Å². The second-order valence-corrected chi connectivity index (χ2v) is 14.7. The number of carboxylic acid groups (broad SMARTS) is 1. The van der Waals surface area contributed by atoms with Crippen LogP contribution in [-0.4, -0.2) is 55.9 Å². The third-order valence-electron chi connectivity index (χ3n) is 13.7. The van der Waals surface area contributed by atoms with Gasteiger partial charge in [0.05, 0.1) is 30.3 Å². The van der Waals surface area contributed by atoms with E-state index >= 15 is 0 Å². The molecule has 5 aliphatic rings. The molecule has 36 heavy (non-hydrogen) atoms. The molecule has 12 atom stereocenters. The molecule has 0 aromatic carbocycles. The minimum absolute atomic E-state index is 0.0182. The molecule has 0 heterocycles. The quantitative estimate of drug-likeness (QED) is 0.353. The lowest BCUT2D eigenvalue weighted by molar-refractivity contribution is -0.187. The predicted molar refractivity (Wildman–Crippen MR) is 137 cm³/mol. The van der Waals surface area contributed by atoms with Crippen LogP contribution in [0.15, 0.2) is 0 Å². The van der Waals surface area contributed by atoms with E-state index in [0.29, 0.717) is 24.2 Å². The molecular weight excluding hydrogens is 456 g/mol. The Kier molecular flexibility index (Phi) is 6.28. The molecule has 1 unspecified atom stereocenters. The molecule has 5 fully saturated rings. The van der Waals surface area contributed by atoms with Gasteiger partial charge in [-0.3, -0.25) is 4.79 Å². The summed E-state index contributed by atoms with van der Waals surface area (Å²) < 4.78 is 0. The number of fused-ring (bicyclic) bond motifs is 2. The van der Waals surface area contributed by atoms with Gasteiger partial charge in [-0.25, -0.2) is 0 Å². The zero-order chi connectivity index (χ0) is 26.5. The molecule has 6 nitrogen and oxygen atoms in total. The first-order valence-electron chi connectivity index (χ1n) is 14.7. The highest BCUT2D eigenvalue weighted by atomic mass is 16.4. The molecule has 5 N–H and O–H groups in total. The summed E-state index contributed by atoms with van der Waals surface area (Å²) in [5.41, 5.74) is -1.00. The highest BCUT2D eigenvalue weighted by molar-refractivity contribution is 5.72. The maximum Gasteiger partial charge on any atom is 0.309 e. The number of rotatable bonds is 7. The second-order valence-electron chi connectivity index (χ2n) is 14.7. The molecule has 0 saturated heterocycles. The first kappa shape index (κ1) is 26.9. The van der Waals surface area contributed by atoms with Crippen molar-refractivity contribution in [1.82, 2.24) is 0 Å². The van der Waals surface area contributed by atoms with Crippen LogP contribution in [0.4, 0.5) is 0 Å². The molecule has 0 amide bonds. The van der Waals surface area contributed by atoms with Crippen molar-refractivity contribution in [3.8, 4) is 0 Å². The average molecular weight is 507 g/mol. The van der Waals surface area contributed by atoms with Crippen molar-refractivity contribution in [2.45, 2.75) is 117 Å². The van der Waals surface area contributed by atoms with E-state index in [4.69, 9.17) is 0 Å². The van der Waals surface area contributed by atoms with Gasteiger partial charge in [-0.05, 0) is 104 Å². The number of aliphatic carboxylic acids is 1.